The van der Waals surface area contributed by atoms with E-state index in [0.717, 1.165) is 47.9 Å². The Morgan fingerprint density at radius 3 is 2.76 bits per heavy atom. The second kappa shape index (κ2) is 3.87. The Morgan fingerprint density at radius 1 is 1.12 bits per heavy atom. The van der Waals surface area contributed by atoms with Gasteiger partial charge in [0, 0.05) is 17.4 Å². The Bertz CT molecular complexity index is 631. The van der Waals surface area contributed by atoms with E-state index in [-0.39, 0.29) is 0 Å². The third-order valence-corrected chi connectivity index (χ3v) is 3.49. The number of nitrogens with zero attached hydrogens (tertiary/aromatic N) is 2. The van der Waals surface area contributed by atoms with Crippen LogP contribution in [0.2, 0.25) is 0 Å². The number of para-hydroxylation sites is 2. The molecule has 1 N–H and O–H groups in total. The summed E-state index contributed by atoms with van der Waals surface area (Å²) in [6, 6.07) is 7.17. The van der Waals surface area contributed by atoms with Gasteiger partial charge in [0.25, 0.3) is 11.2 Å². The molecule has 4 heteroatoms. The number of benzene rings is 1. The highest BCUT2D eigenvalue weighted by Crippen LogP contribution is 2.20. The molecule has 0 saturated heterocycles. The van der Waals surface area contributed by atoms with Crippen LogP contribution in [0.1, 0.15) is 30.7 Å². The molecule has 1 aliphatic rings. The van der Waals surface area contributed by atoms with Gasteiger partial charge in [-0.1, -0.05) is 18.6 Å². The largest absolute Gasteiger partial charge is 0.428 e. The van der Waals surface area contributed by atoms with Crippen LogP contribution in [0.3, 0.4) is 0 Å². The van der Waals surface area contributed by atoms with Crippen molar-refractivity contribution in [1.29, 1.82) is 0 Å². The molecule has 4 nitrogen and oxygen atoms in total. The van der Waals surface area contributed by atoms with E-state index in [1.54, 1.807) is 12.1 Å². The predicted molar refractivity (Wildman–Crippen MR) is 63.7 cm³/mol. The van der Waals surface area contributed by atoms with Crippen molar-refractivity contribution in [3.05, 3.63) is 40.6 Å². The van der Waals surface area contributed by atoms with Gasteiger partial charge in [-0.15, -0.1) is 0 Å². The first-order chi connectivity index (χ1) is 8.29. The number of rotatable bonds is 0. The lowest BCUT2D eigenvalue weighted by molar-refractivity contribution is -0.476. The van der Waals surface area contributed by atoms with Crippen molar-refractivity contribution < 1.29 is 9.63 Å². The SMILES string of the molecule is O=[n+]1c2c(n(O)c3ccccc31)CCCCC2. The molecule has 0 atom stereocenters. The van der Waals surface area contributed by atoms with E-state index in [1.165, 1.54) is 4.73 Å². The van der Waals surface area contributed by atoms with Crippen LogP contribution in [-0.4, -0.2) is 9.94 Å². The van der Waals surface area contributed by atoms with Gasteiger partial charge in [-0.2, -0.15) is 4.73 Å². The van der Waals surface area contributed by atoms with Crippen molar-refractivity contribution in [2.24, 2.45) is 0 Å². The van der Waals surface area contributed by atoms with Crippen LogP contribution in [0.15, 0.2) is 24.3 Å². The van der Waals surface area contributed by atoms with E-state index in [1.807, 2.05) is 12.1 Å². The maximum atomic E-state index is 12.3. The fourth-order valence-electron chi connectivity index (χ4n) is 2.60. The highest BCUT2D eigenvalue weighted by atomic mass is 16.5. The molecule has 0 bridgehead atoms. The highest BCUT2D eigenvalue weighted by molar-refractivity contribution is 5.71. The molecule has 0 aliphatic heterocycles. The van der Waals surface area contributed by atoms with Gasteiger partial charge in [0.2, 0.25) is 0 Å². The van der Waals surface area contributed by atoms with Crippen molar-refractivity contribution in [3.63, 3.8) is 0 Å². The minimum absolute atomic E-state index is 0.538. The Kier molecular flexibility index (Phi) is 2.35. The van der Waals surface area contributed by atoms with E-state index in [2.05, 4.69) is 0 Å². The molecular formula is C13H15N2O2+. The zero-order chi connectivity index (χ0) is 11.8. The standard InChI is InChI=1S/C13H15N2O2/c16-14-10-6-2-1-3-7-11(10)15(17)13-9-5-4-8-12(13)14/h4-5,8-9,16H,1-3,6-7H2/q+1. The molecule has 1 aliphatic carbocycles. The summed E-state index contributed by atoms with van der Waals surface area (Å²) >= 11 is 0. The monoisotopic (exact) mass is 231 g/mol. The normalized spacial score (nSPS) is 15.5. The van der Waals surface area contributed by atoms with E-state index in [9.17, 15) is 10.1 Å². The first-order valence-corrected chi connectivity index (χ1v) is 6.06. The average Bonchev–Trinajstić information content (AvgIpc) is 2.62. The molecule has 0 amide bonds. The topological polar surface area (TPSA) is 48.1 Å². The maximum Gasteiger partial charge on any atom is 0.290 e. The molecule has 1 aromatic heterocycles. The molecule has 0 saturated carbocycles. The molecule has 0 fully saturated rings. The number of aromatic nitrogens is 2. The molecule has 17 heavy (non-hydrogen) atoms. The van der Waals surface area contributed by atoms with Crippen molar-refractivity contribution >= 4 is 11.0 Å². The Labute approximate surface area is 98.7 Å². The summed E-state index contributed by atoms with van der Waals surface area (Å²) in [6.45, 7) is 0. The second-order valence-corrected chi connectivity index (χ2v) is 4.55. The lowest BCUT2D eigenvalue weighted by Crippen LogP contribution is -2.28. The number of hydrogen-bond acceptors (Lipinski definition) is 2. The van der Waals surface area contributed by atoms with Gasteiger partial charge in [-0.25, -0.2) is 0 Å². The number of hydrogen-bond donors (Lipinski definition) is 1. The Hall–Kier alpha value is -1.84. The molecule has 1 heterocycles. The summed E-state index contributed by atoms with van der Waals surface area (Å²) in [5, 5.41) is 10.2. The summed E-state index contributed by atoms with van der Waals surface area (Å²) in [5.41, 5.74) is 2.62. The molecule has 0 radical (unpaired) electrons. The van der Waals surface area contributed by atoms with Crippen LogP contribution >= 0.6 is 0 Å². The van der Waals surface area contributed by atoms with E-state index < -0.39 is 0 Å². The summed E-state index contributed by atoms with van der Waals surface area (Å²) in [5.74, 6) is 0. The van der Waals surface area contributed by atoms with Crippen molar-refractivity contribution in [2.45, 2.75) is 32.1 Å². The third kappa shape index (κ3) is 1.52. The first kappa shape index (κ1) is 10.3. The Morgan fingerprint density at radius 2 is 1.88 bits per heavy atom. The molecule has 3 rings (SSSR count). The van der Waals surface area contributed by atoms with Gasteiger partial charge >= 0.3 is 0 Å². The van der Waals surface area contributed by atoms with Crippen LogP contribution in [-0.2, 0) is 12.8 Å². The van der Waals surface area contributed by atoms with Crippen LogP contribution in [0.25, 0.3) is 11.0 Å². The Balaban J connectivity index is 2.42. The fourth-order valence-corrected chi connectivity index (χ4v) is 2.60. The van der Waals surface area contributed by atoms with Crippen LogP contribution < -0.4 is 4.43 Å². The van der Waals surface area contributed by atoms with Gasteiger partial charge < -0.3 is 5.21 Å². The molecule has 88 valence electrons. The van der Waals surface area contributed by atoms with E-state index in [4.69, 9.17) is 0 Å². The summed E-state index contributed by atoms with van der Waals surface area (Å²) in [7, 11) is 0. The third-order valence-electron chi connectivity index (χ3n) is 3.49. The van der Waals surface area contributed by atoms with Gasteiger partial charge in [-0.05, 0) is 25.3 Å². The highest BCUT2D eigenvalue weighted by Gasteiger charge is 2.25. The zero-order valence-corrected chi connectivity index (χ0v) is 9.59. The van der Waals surface area contributed by atoms with Gasteiger partial charge in [0.15, 0.2) is 5.52 Å². The summed E-state index contributed by atoms with van der Waals surface area (Å²) in [6.07, 6.45) is 4.70. The van der Waals surface area contributed by atoms with E-state index >= 15 is 0 Å². The van der Waals surface area contributed by atoms with Crippen LogP contribution in [0.4, 0.5) is 0 Å². The van der Waals surface area contributed by atoms with Gasteiger partial charge in [-0.3, -0.25) is 0 Å². The summed E-state index contributed by atoms with van der Waals surface area (Å²) < 4.78 is 2.19. The minimum atomic E-state index is 0.538. The molecule has 0 spiro atoms. The van der Waals surface area contributed by atoms with Gasteiger partial charge in [0.1, 0.15) is 5.69 Å². The predicted octanol–water partition coefficient (Wildman–Crippen LogP) is 2.06. The zero-order valence-electron chi connectivity index (χ0n) is 9.59. The average molecular weight is 231 g/mol. The van der Waals surface area contributed by atoms with Crippen molar-refractivity contribution in [1.82, 2.24) is 4.73 Å². The molecule has 2 aromatic rings. The lowest BCUT2D eigenvalue weighted by Gasteiger charge is -2.07. The lowest BCUT2D eigenvalue weighted by atomic mass is 10.2. The first-order valence-electron chi connectivity index (χ1n) is 6.06. The van der Waals surface area contributed by atoms with Crippen LogP contribution in [0.5, 0.6) is 0 Å². The summed E-state index contributed by atoms with van der Waals surface area (Å²) in [4.78, 5) is 12.3. The van der Waals surface area contributed by atoms with Gasteiger partial charge in [0.05, 0.1) is 4.43 Å². The smallest absolute Gasteiger partial charge is 0.290 e. The number of fused-ring (bicyclic) bond motifs is 2. The van der Waals surface area contributed by atoms with Crippen LogP contribution in [0, 0.1) is 4.91 Å². The second-order valence-electron chi connectivity index (χ2n) is 4.55. The maximum absolute atomic E-state index is 12.3. The van der Waals surface area contributed by atoms with Crippen molar-refractivity contribution in [2.75, 3.05) is 0 Å². The van der Waals surface area contributed by atoms with Crippen molar-refractivity contribution in [3.8, 4) is 0 Å². The fraction of sp³-hybridized carbons (Fsp3) is 0.385. The molecule has 0 unspecified atom stereocenters. The molecular weight excluding hydrogens is 216 g/mol. The molecule has 1 aromatic carbocycles. The minimum Gasteiger partial charge on any atom is -0.428 e. The van der Waals surface area contributed by atoms with E-state index in [0.29, 0.717) is 11.0 Å². The quantitative estimate of drug-likeness (QED) is 0.428.